The van der Waals surface area contributed by atoms with Crippen LogP contribution in [0.1, 0.15) is 71.1 Å². The van der Waals surface area contributed by atoms with Crippen LogP contribution in [-0.4, -0.2) is 57.5 Å². The highest BCUT2D eigenvalue weighted by Crippen LogP contribution is 2.10. The molecule has 0 bridgehead atoms. The Morgan fingerprint density at radius 1 is 0.760 bits per heavy atom. The van der Waals surface area contributed by atoms with Crippen LogP contribution in [0.25, 0.3) is 0 Å². The summed E-state index contributed by atoms with van der Waals surface area (Å²) in [6.45, 7) is 3.07. The number of amides is 1. The Balaban J connectivity index is 3.44. The molecule has 0 heterocycles. The molecule has 1 amide bonds. The second-order valence-corrected chi connectivity index (χ2v) is 6.37. The van der Waals surface area contributed by atoms with Crippen LogP contribution in [0, 0.1) is 0 Å². The van der Waals surface area contributed by atoms with Crippen molar-refractivity contribution in [2.24, 2.45) is 0 Å². The van der Waals surface area contributed by atoms with E-state index in [2.05, 4.69) is 6.92 Å². The molecule has 0 spiro atoms. The van der Waals surface area contributed by atoms with Crippen LogP contribution in [0.2, 0.25) is 0 Å². The van der Waals surface area contributed by atoms with Gasteiger partial charge < -0.3 is 19.1 Å². The average molecular weight is 360 g/mol. The largest absolute Gasteiger partial charge is 0.464 e. The predicted molar refractivity (Wildman–Crippen MR) is 98.7 cm³/mol. The Hall–Kier alpha value is -1.30. The maximum atomic E-state index is 11.7. The van der Waals surface area contributed by atoms with Crippen molar-refractivity contribution in [1.82, 2.24) is 4.90 Å². The van der Waals surface area contributed by atoms with Gasteiger partial charge in [-0.2, -0.15) is 0 Å². The van der Waals surface area contributed by atoms with E-state index in [-0.39, 0.29) is 13.2 Å². The fourth-order valence-electron chi connectivity index (χ4n) is 2.40. The predicted octanol–water partition coefficient (Wildman–Crippen LogP) is 4.17. The Kier molecular flexibility index (Phi) is 16.6. The summed E-state index contributed by atoms with van der Waals surface area (Å²) in [6, 6.07) is 0. The number of unbranched alkanes of at least 4 members (excludes halogenated alkanes) is 9. The van der Waals surface area contributed by atoms with Crippen molar-refractivity contribution >= 4 is 12.1 Å². The van der Waals surface area contributed by atoms with Gasteiger partial charge in [0, 0.05) is 14.2 Å². The minimum Gasteiger partial charge on any atom is -0.464 e. The third kappa shape index (κ3) is 15.9. The summed E-state index contributed by atoms with van der Waals surface area (Å²) < 4.78 is 14.8. The third-order valence-electron chi connectivity index (χ3n) is 3.95. The van der Waals surface area contributed by atoms with Crippen LogP contribution < -0.4 is 0 Å². The van der Waals surface area contributed by atoms with Crippen molar-refractivity contribution < 1.29 is 23.8 Å². The van der Waals surface area contributed by atoms with E-state index >= 15 is 0 Å². The van der Waals surface area contributed by atoms with E-state index in [4.69, 9.17) is 14.2 Å². The van der Waals surface area contributed by atoms with Crippen molar-refractivity contribution in [2.75, 3.05) is 40.5 Å². The van der Waals surface area contributed by atoms with Crippen molar-refractivity contribution in [3.63, 3.8) is 0 Å². The zero-order valence-electron chi connectivity index (χ0n) is 16.4. The number of rotatable bonds is 16. The van der Waals surface area contributed by atoms with E-state index < -0.39 is 12.1 Å². The highest BCUT2D eigenvalue weighted by molar-refractivity contribution is 5.77. The summed E-state index contributed by atoms with van der Waals surface area (Å²) in [5.74, 6) is -0.401. The maximum Gasteiger partial charge on any atom is 0.410 e. The molecule has 0 saturated heterocycles. The lowest BCUT2D eigenvalue weighted by Crippen LogP contribution is -2.34. The summed E-state index contributed by atoms with van der Waals surface area (Å²) >= 11 is 0. The zero-order valence-corrected chi connectivity index (χ0v) is 16.4. The molecule has 25 heavy (non-hydrogen) atoms. The first-order valence-corrected chi connectivity index (χ1v) is 9.64. The standard InChI is InChI=1S/C19H37NO5/c1-4-5-6-7-8-9-10-11-12-13-14-24-18(21)17-20(2)19(22)25-16-15-23-3/h4-17H2,1-3H3. The van der Waals surface area contributed by atoms with Gasteiger partial charge in [0.05, 0.1) is 13.2 Å². The third-order valence-corrected chi connectivity index (χ3v) is 3.95. The van der Waals surface area contributed by atoms with Gasteiger partial charge in [0.15, 0.2) is 0 Å². The molecule has 0 fully saturated rings. The number of ether oxygens (including phenoxy) is 3. The Morgan fingerprint density at radius 3 is 1.88 bits per heavy atom. The molecule has 0 aromatic rings. The van der Waals surface area contributed by atoms with E-state index in [1.807, 2.05) is 0 Å². The molecule has 0 aliphatic heterocycles. The number of likely N-dealkylation sites (N-methyl/N-ethyl adjacent to an activating group) is 1. The average Bonchev–Trinajstić information content (AvgIpc) is 2.59. The lowest BCUT2D eigenvalue weighted by atomic mass is 10.1. The number of carbonyl (C=O) groups excluding carboxylic acids is 2. The van der Waals surface area contributed by atoms with E-state index in [0.717, 1.165) is 12.8 Å². The Morgan fingerprint density at radius 2 is 1.32 bits per heavy atom. The van der Waals surface area contributed by atoms with Crippen LogP contribution in [0.4, 0.5) is 4.79 Å². The normalized spacial score (nSPS) is 10.5. The zero-order chi connectivity index (χ0) is 18.8. The van der Waals surface area contributed by atoms with E-state index in [0.29, 0.717) is 13.2 Å². The van der Waals surface area contributed by atoms with Gasteiger partial charge in [0.1, 0.15) is 13.2 Å². The monoisotopic (exact) mass is 359 g/mol. The fraction of sp³-hybridized carbons (Fsp3) is 0.895. The number of methoxy groups -OCH3 is 1. The highest BCUT2D eigenvalue weighted by atomic mass is 16.6. The smallest absolute Gasteiger partial charge is 0.410 e. The van der Waals surface area contributed by atoms with Crippen molar-refractivity contribution in [3.05, 3.63) is 0 Å². The molecule has 6 heteroatoms. The summed E-state index contributed by atoms with van der Waals surface area (Å²) in [4.78, 5) is 24.4. The van der Waals surface area contributed by atoms with Gasteiger partial charge in [-0.15, -0.1) is 0 Å². The summed E-state index contributed by atoms with van der Waals surface area (Å²) in [5, 5.41) is 0. The molecule has 6 nitrogen and oxygen atoms in total. The van der Waals surface area contributed by atoms with E-state index in [1.54, 1.807) is 0 Å². The number of nitrogens with zero attached hydrogens (tertiary/aromatic N) is 1. The van der Waals surface area contributed by atoms with Gasteiger partial charge in [-0.1, -0.05) is 64.7 Å². The van der Waals surface area contributed by atoms with Gasteiger partial charge in [0.25, 0.3) is 0 Å². The van der Waals surface area contributed by atoms with Crippen LogP contribution in [0.15, 0.2) is 0 Å². The summed E-state index contributed by atoms with van der Waals surface area (Å²) in [7, 11) is 3.04. The van der Waals surface area contributed by atoms with Crippen LogP contribution in [-0.2, 0) is 19.0 Å². The van der Waals surface area contributed by atoms with Gasteiger partial charge in [-0.25, -0.2) is 4.79 Å². The van der Waals surface area contributed by atoms with Gasteiger partial charge >= 0.3 is 12.1 Å². The topological polar surface area (TPSA) is 65.1 Å². The van der Waals surface area contributed by atoms with E-state index in [1.165, 1.54) is 70.4 Å². The second kappa shape index (κ2) is 17.5. The number of hydrogen-bond acceptors (Lipinski definition) is 5. The van der Waals surface area contributed by atoms with E-state index in [9.17, 15) is 9.59 Å². The molecule has 0 N–H and O–H groups in total. The number of carbonyl (C=O) groups is 2. The lowest BCUT2D eigenvalue weighted by molar-refractivity contribution is -0.144. The molecular weight excluding hydrogens is 322 g/mol. The van der Waals surface area contributed by atoms with Gasteiger partial charge in [-0.05, 0) is 6.42 Å². The first-order chi connectivity index (χ1) is 12.1. The molecule has 0 unspecified atom stereocenters. The lowest BCUT2D eigenvalue weighted by Gasteiger charge is -2.16. The maximum absolute atomic E-state index is 11.7. The first-order valence-electron chi connectivity index (χ1n) is 9.64. The molecule has 0 saturated carbocycles. The molecular formula is C19H37NO5. The minimum atomic E-state index is -0.548. The second-order valence-electron chi connectivity index (χ2n) is 6.37. The van der Waals surface area contributed by atoms with Gasteiger partial charge in [-0.3, -0.25) is 4.79 Å². The Bertz CT molecular complexity index is 336. The van der Waals surface area contributed by atoms with Crippen molar-refractivity contribution in [3.8, 4) is 0 Å². The Labute approximate surface area is 153 Å². The molecule has 0 aliphatic carbocycles. The molecule has 0 aliphatic rings. The van der Waals surface area contributed by atoms with Crippen molar-refractivity contribution in [1.29, 1.82) is 0 Å². The molecule has 148 valence electrons. The minimum absolute atomic E-state index is 0.0937. The first kappa shape index (κ1) is 23.7. The SMILES string of the molecule is CCCCCCCCCCCCOC(=O)CN(C)C(=O)OCCOC. The molecule has 0 atom stereocenters. The van der Waals surface area contributed by atoms with Gasteiger partial charge in [0.2, 0.25) is 0 Å². The summed E-state index contributed by atoms with van der Waals surface area (Å²) in [5.41, 5.74) is 0. The summed E-state index contributed by atoms with van der Waals surface area (Å²) in [6.07, 6.45) is 11.9. The highest BCUT2D eigenvalue weighted by Gasteiger charge is 2.14. The molecule has 0 radical (unpaired) electrons. The van der Waals surface area contributed by atoms with Crippen molar-refractivity contribution in [2.45, 2.75) is 71.1 Å². The number of hydrogen-bond donors (Lipinski definition) is 0. The molecule has 0 rings (SSSR count). The molecule has 0 aromatic carbocycles. The number of esters is 1. The molecule has 0 aromatic heterocycles. The van der Waals surface area contributed by atoms with Crippen LogP contribution in [0.5, 0.6) is 0 Å². The fourth-order valence-corrected chi connectivity index (χ4v) is 2.40. The van der Waals surface area contributed by atoms with Crippen LogP contribution >= 0.6 is 0 Å². The van der Waals surface area contributed by atoms with Crippen LogP contribution in [0.3, 0.4) is 0 Å². The quantitative estimate of drug-likeness (QED) is 0.306.